The van der Waals surface area contributed by atoms with Gasteiger partial charge in [-0.25, -0.2) is 8.42 Å². The number of hydrogen-bond donors (Lipinski definition) is 5. The van der Waals surface area contributed by atoms with Crippen LogP contribution < -0.4 is 21.1 Å². The van der Waals surface area contributed by atoms with Gasteiger partial charge < -0.3 is 26.3 Å². The number of rotatable bonds is 13. The molecule has 0 bridgehead atoms. The summed E-state index contributed by atoms with van der Waals surface area (Å²) in [6.07, 6.45) is 0.627. The molecule has 0 unspecified atom stereocenters. The minimum absolute atomic E-state index is 0.00771. The summed E-state index contributed by atoms with van der Waals surface area (Å²) in [6.45, 7) is 3.20. The summed E-state index contributed by atoms with van der Waals surface area (Å²) in [5.74, 6) is -1.88. The van der Waals surface area contributed by atoms with Gasteiger partial charge in [0.1, 0.15) is 6.04 Å². The van der Waals surface area contributed by atoms with Gasteiger partial charge in [-0.3, -0.25) is 14.4 Å². The fraction of sp³-hybridized carbons (Fsp3) is 0.333. The van der Waals surface area contributed by atoms with E-state index in [0.717, 1.165) is 12.0 Å². The summed E-state index contributed by atoms with van der Waals surface area (Å²) in [6, 6.07) is 10.9. The van der Waals surface area contributed by atoms with Crippen LogP contribution >= 0.6 is 0 Å². The number of benzene rings is 2. The number of ether oxygens (including phenoxy) is 1. The van der Waals surface area contributed by atoms with Crippen LogP contribution in [0.2, 0.25) is 0 Å². The minimum Gasteiger partial charge on any atom is -0.465 e. The molecular formula is C24H31N5O7S. The van der Waals surface area contributed by atoms with E-state index < -0.39 is 33.8 Å². The van der Waals surface area contributed by atoms with Gasteiger partial charge in [0.25, 0.3) is 5.91 Å². The van der Waals surface area contributed by atoms with Gasteiger partial charge in [-0.15, -0.1) is 0 Å². The van der Waals surface area contributed by atoms with Crippen LogP contribution in [0.3, 0.4) is 0 Å². The van der Waals surface area contributed by atoms with Gasteiger partial charge in [-0.2, -0.15) is 4.72 Å². The van der Waals surface area contributed by atoms with Crippen molar-refractivity contribution in [2.24, 2.45) is 10.9 Å². The summed E-state index contributed by atoms with van der Waals surface area (Å²) in [4.78, 5) is 36.8. The monoisotopic (exact) mass is 533 g/mol. The highest BCUT2D eigenvalue weighted by atomic mass is 32.2. The Morgan fingerprint density at radius 1 is 1.00 bits per heavy atom. The lowest BCUT2D eigenvalue weighted by molar-refractivity contribution is -0.145. The van der Waals surface area contributed by atoms with Gasteiger partial charge in [0, 0.05) is 30.6 Å². The largest absolute Gasteiger partial charge is 0.465 e. The van der Waals surface area contributed by atoms with Crippen LogP contribution in [-0.2, 0) is 30.8 Å². The first kappa shape index (κ1) is 29.3. The Hall–Kier alpha value is -3.97. The second kappa shape index (κ2) is 13.9. The van der Waals surface area contributed by atoms with Crippen molar-refractivity contribution in [2.45, 2.75) is 37.6 Å². The van der Waals surface area contributed by atoms with E-state index in [0.29, 0.717) is 11.1 Å². The first-order valence-electron chi connectivity index (χ1n) is 11.5. The molecule has 6 N–H and O–H groups in total. The molecule has 0 aliphatic carbocycles. The number of carbonyl (C=O) groups excluding carboxylic acids is 3. The van der Waals surface area contributed by atoms with Crippen LogP contribution in [0, 0.1) is 0 Å². The Morgan fingerprint density at radius 2 is 1.62 bits per heavy atom. The number of nitrogens with one attached hydrogen (secondary N) is 3. The highest BCUT2D eigenvalue weighted by Crippen LogP contribution is 2.12. The zero-order chi connectivity index (χ0) is 27.4. The second-order valence-electron chi connectivity index (χ2n) is 7.80. The molecule has 2 rings (SSSR count). The van der Waals surface area contributed by atoms with Crippen molar-refractivity contribution in [3.05, 3.63) is 65.2 Å². The summed E-state index contributed by atoms with van der Waals surface area (Å²) in [5.41, 5.74) is 7.18. The van der Waals surface area contributed by atoms with Crippen LogP contribution in [0.15, 0.2) is 58.6 Å². The van der Waals surface area contributed by atoms with E-state index in [4.69, 9.17) is 15.7 Å². The van der Waals surface area contributed by atoms with Crippen molar-refractivity contribution in [3.63, 3.8) is 0 Å². The number of amides is 2. The van der Waals surface area contributed by atoms with Gasteiger partial charge in [0.05, 0.1) is 11.5 Å². The standard InChI is InChI=1S/C24H31N5O7S/c1-3-16-5-11-19(12-6-16)37(34,35)29-20(24(32)36-4-2)15-27-21(30)13-14-26-23(31)18-9-7-17(8-10-18)22(25)28-33/h5-12,20,29,33H,3-4,13-15H2,1-2H3,(H2,25,28)(H,26,31)(H,27,30)/t20-/m0/s1. The number of amidine groups is 1. The molecule has 0 spiro atoms. The average molecular weight is 534 g/mol. The molecule has 2 aromatic rings. The quantitative estimate of drug-likeness (QED) is 0.0808. The maximum Gasteiger partial charge on any atom is 0.326 e. The zero-order valence-electron chi connectivity index (χ0n) is 20.6. The van der Waals surface area contributed by atoms with Gasteiger partial charge in [-0.05, 0) is 43.2 Å². The summed E-state index contributed by atoms with van der Waals surface area (Å²) >= 11 is 0. The van der Waals surface area contributed by atoms with Crippen LogP contribution in [0.25, 0.3) is 0 Å². The van der Waals surface area contributed by atoms with E-state index in [1.165, 1.54) is 36.4 Å². The zero-order valence-corrected chi connectivity index (χ0v) is 21.4. The van der Waals surface area contributed by atoms with Crippen molar-refractivity contribution in [2.75, 3.05) is 19.7 Å². The van der Waals surface area contributed by atoms with E-state index in [2.05, 4.69) is 20.5 Å². The first-order valence-corrected chi connectivity index (χ1v) is 13.0. The second-order valence-corrected chi connectivity index (χ2v) is 9.51. The molecule has 12 nitrogen and oxygen atoms in total. The van der Waals surface area contributed by atoms with E-state index in [1.807, 2.05) is 6.92 Å². The number of aryl methyl sites for hydroxylation is 1. The Labute approximate surface area is 215 Å². The van der Waals surface area contributed by atoms with Crippen LogP contribution in [0.1, 0.15) is 41.8 Å². The molecule has 0 saturated carbocycles. The molecule has 0 heterocycles. The van der Waals surface area contributed by atoms with Crippen molar-refractivity contribution < 1.29 is 32.7 Å². The number of hydrogen-bond acceptors (Lipinski definition) is 8. The number of sulfonamides is 1. The highest BCUT2D eigenvalue weighted by molar-refractivity contribution is 7.89. The van der Waals surface area contributed by atoms with Gasteiger partial charge in [-0.1, -0.05) is 36.3 Å². The molecule has 37 heavy (non-hydrogen) atoms. The molecule has 0 fully saturated rings. The third kappa shape index (κ3) is 8.88. The van der Waals surface area contributed by atoms with Crippen molar-refractivity contribution >= 4 is 33.6 Å². The van der Waals surface area contributed by atoms with Gasteiger partial charge in [0.15, 0.2) is 5.84 Å². The highest BCUT2D eigenvalue weighted by Gasteiger charge is 2.27. The maximum absolute atomic E-state index is 12.7. The predicted molar refractivity (Wildman–Crippen MR) is 135 cm³/mol. The average Bonchev–Trinajstić information content (AvgIpc) is 2.90. The molecule has 0 saturated heterocycles. The molecule has 0 aromatic heterocycles. The molecule has 1 atom stereocenters. The number of nitrogens with zero attached hydrogens (tertiary/aromatic N) is 1. The normalized spacial score (nSPS) is 12.4. The summed E-state index contributed by atoms with van der Waals surface area (Å²) in [5, 5.41) is 16.6. The fourth-order valence-corrected chi connectivity index (χ4v) is 4.31. The first-order chi connectivity index (χ1) is 17.6. The van der Waals surface area contributed by atoms with Crippen LogP contribution in [0.4, 0.5) is 0 Å². The van der Waals surface area contributed by atoms with E-state index >= 15 is 0 Å². The number of carbonyl (C=O) groups is 3. The number of oxime groups is 1. The molecule has 200 valence electrons. The van der Waals surface area contributed by atoms with E-state index in [-0.39, 0.29) is 36.8 Å². The maximum atomic E-state index is 12.7. The van der Waals surface area contributed by atoms with Crippen LogP contribution in [-0.4, -0.2) is 63.0 Å². The summed E-state index contributed by atoms with van der Waals surface area (Å²) < 4.78 is 32.7. The van der Waals surface area contributed by atoms with Crippen molar-refractivity contribution in [1.29, 1.82) is 0 Å². The Balaban J connectivity index is 1.91. The molecule has 2 aromatic carbocycles. The molecule has 0 aliphatic rings. The Kier molecular flexibility index (Phi) is 11.0. The Bertz CT molecular complexity index is 1210. The third-order valence-electron chi connectivity index (χ3n) is 5.20. The fourth-order valence-electron chi connectivity index (χ4n) is 3.12. The number of esters is 1. The lowest BCUT2D eigenvalue weighted by Gasteiger charge is -2.18. The Morgan fingerprint density at radius 3 is 2.19 bits per heavy atom. The predicted octanol–water partition coefficient (Wildman–Crippen LogP) is 0.490. The SMILES string of the molecule is CCOC(=O)[C@H](CNC(=O)CCNC(=O)c1ccc(/C(N)=N/O)cc1)NS(=O)(=O)c1ccc(CC)cc1. The van der Waals surface area contributed by atoms with Crippen molar-refractivity contribution in [3.8, 4) is 0 Å². The van der Waals surface area contributed by atoms with E-state index in [9.17, 15) is 22.8 Å². The van der Waals surface area contributed by atoms with Crippen LogP contribution in [0.5, 0.6) is 0 Å². The molecular weight excluding hydrogens is 502 g/mol. The minimum atomic E-state index is -4.05. The van der Waals surface area contributed by atoms with E-state index in [1.54, 1.807) is 19.1 Å². The third-order valence-corrected chi connectivity index (χ3v) is 6.69. The molecule has 0 radical (unpaired) electrons. The number of nitrogens with two attached hydrogens (primary N) is 1. The van der Waals surface area contributed by atoms with Crippen molar-refractivity contribution in [1.82, 2.24) is 15.4 Å². The van der Waals surface area contributed by atoms with Gasteiger partial charge >= 0.3 is 5.97 Å². The smallest absolute Gasteiger partial charge is 0.326 e. The lowest BCUT2D eigenvalue weighted by atomic mass is 10.1. The lowest BCUT2D eigenvalue weighted by Crippen LogP contribution is -2.49. The molecule has 0 aliphatic heterocycles. The van der Waals surface area contributed by atoms with Gasteiger partial charge in [0.2, 0.25) is 15.9 Å². The molecule has 2 amide bonds. The summed E-state index contributed by atoms with van der Waals surface area (Å²) in [7, 11) is -4.05. The topological polar surface area (TPSA) is 189 Å². The molecule has 13 heteroatoms.